The second-order valence-electron chi connectivity index (χ2n) is 11.3. The van der Waals surface area contributed by atoms with Crippen LogP contribution in [-0.2, 0) is 22.6 Å². The van der Waals surface area contributed by atoms with E-state index >= 15 is 0 Å². The van der Waals surface area contributed by atoms with E-state index in [4.69, 9.17) is 35.6 Å². The third kappa shape index (κ3) is 5.99. The van der Waals surface area contributed by atoms with Gasteiger partial charge < -0.3 is 14.0 Å². The number of H-pyrrole nitrogens is 1. The zero-order valence-corrected chi connectivity index (χ0v) is 23.7. The third-order valence-electron chi connectivity index (χ3n) is 8.27. The first-order chi connectivity index (χ1) is 19.5. The van der Waals surface area contributed by atoms with Crippen LogP contribution in [0.1, 0.15) is 57.7 Å². The topological polar surface area (TPSA) is 121 Å². The number of aryl methyl sites for hydroxylation is 1. The second-order valence-corrected chi connectivity index (χ2v) is 11.7. The average molecular weight is 567 g/mol. The predicted molar refractivity (Wildman–Crippen MR) is 151 cm³/mol. The summed E-state index contributed by atoms with van der Waals surface area (Å²) >= 11 is 6.36. The highest BCUT2D eigenvalue weighted by molar-refractivity contribution is 6.30. The van der Waals surface area contributed by atoms with Crippen molar-refractivity contribution in [3.8, 4) is 22.8 Å². The Morgan fingerprint density at radius 3 is 2.67 bits per heavy atom. The van der Waals surface area contributed by atoms with Gasteiger partial charge in [0.05, 0.1) is 34.5 Å². The van der Waals surface area contributed by atoms with E-state index in [0.29, 0.717) is 41.5 Å². The Kier molecular flexibility index (Phi) is 8.00. The van der Waals surface area contributed by atoms with E-state index in [1.165, 1.54) is 38.5 Å². The molecule has 0 aromatic carbocycles. The van der Waals surface area contributed by atoms with E-state index in [2.05, 4.69) is 26.6 Å². The van der Waals surface area contributed by atoms with Crippen LogP contribution in [0, 0.1) is 17.8 Å². The molecule has 0 aliphatic heterocycles. The Balaban J connectivity index is 1.43. The smallest absolute Gasteiger partial charge is 0.382 e. The van der Waals surface area contributed by atoms with Crippen molar-refractivity contribution in [2.45, 2.75) is 71.1 Å². The summed E-state index contributed by atoms with van der Waals surface area (Å²) in [5.41, 5.74) is 3.48. The highest BCUT2D eigenvalue weighted by Gasteiger charge is 2.32. The molecule has 1 atom stereocenters. The van der Waals surface area contributed by atoms with Crippen molar-refractivity contribution in [3.05, 3.63) is 45.9 Å². The molecule has 0 spiro atoms. The zero-order valence-electron chi connectivity index (χ0n) is 22.9. The summed E-state index contributed by atoms with van der Waals surface area (Å²) in [5.74, 6) is 2.45. The van der Waals surface area contributed by atoms with Crippen LogP contribution in [0.15, 0.2) is 33.8 Å². The molecule has 0 radical (unpaired) electrons. The van der Waals surface area contributed by atoms with E-state index in [9.17, 15) is 4.79 Å². The van der Waals surface area contributed by atoms with E-state index in [1.807, 2.05) is 12.1 Å². The Labute approximate surface area is 237 Å². The molecule has 212 valence electrons. The lowest BCUT2D eigenvalue weighted by molar-refractivity contribution is -0.0264. The van der Waals surface area contributed by atoms with E-state index in [0.717, 1.165) is 41.3 Å². The van der Waals surface area contributed by atoms with Gasteiger partial charge in [-0.2, -0.15) is 0 Å². The Hall–Kier alpha value is -3.08. The standard InChI is InChI=1S/C29H35ClN6O4/c1-17-3-5-18(6-4-17)9-10-36-25(16-39-24(15-38-2)19-7-8-19)32-22-12-23(28-34-29(37)40-35-28)33-26(27(22)36)20-11-21(30)14-31-13-20/h11-14,17-19,24H,3-10,15-16H2,1-2H3,(H,34,35,37)/t17-,18-,24?. The minimum Gasteiger partial charge on any atom is -0.382 e. The maximum absolute atomic E-state index is 11.7. The number of fused-ring (bicyclic) bond motifs is 1. The van der Waals surface area contributed by atoms with Gasteiger partial charge in [0.15, 0.2) is 0 Å². The fourth-order valence-corrected chi connectivity index (χ4v) is 6.00. The molecule has 4 aromatic heterocycles. The molecule has 1 unspecified atom stereocenters. The summed E-state index contributed by atoms with van der Waals surface area (Å²) < 4.78 is 18.9. The lowest BCUT2D eigenvalue weighted by Gasteiger charge is -2.26. The molecule has 11 heteroatoms. The zero-order chi connectivity index (χ0) is 27.6. The molecule has 10 nitrogen and oxygen atoms in total. The lowest BCUT2D eigenvalue weighted by Crippen LogP contribution is -2.22. The average Bonchev–Trinajstić information content (AvgIpc) is 3.61. The monoisotopic (exact) mass is 566 g/mol. The molecule has 4 heterocycles. The van der Waals surface area contributed by atoms with Crippen LogP contribution in [0.5, 0.6) is 0 Å². The maximum Gasteiger partial charge on any atom is 0.439 e. The van der Waals surface area contributed by atoms with Crippen LogP contribution in [0.25, 0.3) is 33.8 Å². The predicted octanol–water partition coefficient (Wildman–Crippen LogP) is 5.65. The van der Waals surface area contributed by atoms with Gasteiger partial charge in [0.2, 0.25) is 5.82 Å². The van der Waals surface area contributed by atoms with Gasteiger partial charge in [-0.3, -0.25) is 14.5 Å². The van der Waals surface area contributed by atoms with Crippen LogP contribution in [0.4, 0.5) is 0 Å². The molecule has 0 bridgehead atoms. The summed E-state index contributed by atoms with van der Waals surface area (Å²) in [4.78, 5) is 28.6. The molecule has 40 heavy (non-hydrogen) atoms. The van der Waals surface area contributed by atoms with E-state index in [1.54, 1.807) is 19.5 Å². The maximum atomic E-state index is 11.7. The number of hydrogen-bond donors (Lipinski definition) is 1. The molecular formula is C29H35ClN6O4. The molecule has 0 saturated heterocycles. The van der Waals surface area contributed by atoms with Crippen LogP contribution >= 0.6 is 11.6 Å². The highest BCUT2D eigenvalue weighted by Crippen LogP contribution is 2.37. The quantitative estimate of drug-likeness (QED) is 0.247. The molecule has 4 aromatic rings. The first-order valence-electron chi connectivity index (χ1n) is 14.2. The van der Waals surface area contributed by atoms with Crippen molar-refractivity contribution in [2.24, 2.45) is 17.8 Å². The largest absolute Gasteiger partial charge is 0.439 e. The van der Waals surface area contributed by atoms with Gasteiger partial charge in [-0.1, -0.05) is 49.4 Å². The Bertz CT molecular complexity index is 1520. The number of aromatic amines is 1. The molecule has 2 aliphatic carbocycles. The molecule has 2 saturated carbocycles. The summed E-state index contributed by atoms with van der Waals surface area (Å²) in [5, 5.41) is 4.37. The lowest BCUT2D eigenvalue weighted by atomic mass is 9.81. The van der Waals surface area contributed by atoms with Gasteiger partial charge >= 0.3 is 5.76 Å². The number of methoxy groups -OCH3 is 1. The summed E-state index contributed by atoms with van der Waals surface area (Å²) in [6.45, 7) is 4.08. The van der Waals surface area contributed by atoms with Crippen molar-refractivity contribution in [1.29, 1.82) is 0 Å². The Morgan fingerprint density at radius 2 is 1.98 bits per heavy atom. The molecule has 2 fully saturated rings. The van der Waals surface area contributed by atoms with Gasteiger partial charge in [-0.25, -0.2) is 14.8 Å². The second kappa shape index (κ2) is 11.8. The van der Waals surface area contributed by atoms with Crippen molar-refractivity contribution in [1.82, 2.24) is 29.7 Å². The fourth-order valence-electron chi connectivity index (χ4n) is 5.82. The summed E-state index contributed by atoms with van der Waals surface area (Å²) in [6.07, 6.45) is 11.8. The molecule has 2 aliphatic rings. The number of rotatable bonds is 11. The van der Waals surface area contributed by atoms with E-state index in [-0.39, 0.29) is 11.9 Å². The summed E-state index contributed by atoms with van der Waals surface area (Å²) in [7, 11) is 1.71. The number of nitrogens with one attached hydrogen (secondary N) is 1. The Morgan fingerprint density at radius 1 is 1.15 bits per heavy atom. The normalized spacial score (nSPS) is 20.3. The number of nitrogens with zero attached hydrogens (tertiary/aromatic N) is 5. The molecule has 6 rings (SSSR count). The van der Waals surface area contributed by atoms with Gasteiger partial charge in [-0.05, 0) is 49.1 Å². The van der Waals surface area contributed by atoms with E-state index < -0.39 is 5.76 Å². The number of hydrogen-bond acceptors (Lipinski definition) is 8. The number of pyridine rings is 2. The van der Waals surface area contributed by atoms with Gasteiger partial charge in [0, 0.05) is 31.6 Å². The minimum atomic E-state index is -0.645. The SMILES string of the molecule is COCC(OCc1nc2cc(-c3noc(=O)[nH]3)nc(-c3cncc(Cl)c3)c2n1CC[C@H]1CC[C@H](C)CC1)C1CC1. The highest BCUT2D eigenvalue weighted by atomic mass is 35.5. The number of aromatic nitrogens is 6. The van der Waals surface area contributed by atoms with Crippen LogP contribution in [-0.4, -0.2) is 49.5 Å². The first-order valence-corrected chi connectivity index (χ1v) is 14.5. The van der Waals surface area contributed by atoms with Gasteiger partial charge in [0.1, 0.15) is 18.1 Å². The molecule has 0 amide bonds. The molecular weight excluding hydrogens is 532 g/mol. The number of imidazole rings is 1. The number of halogens is 1. The molecule has 1 N–H and O–H groups in total. The summed E-state index contributed by atoms with van der Waals surface area (Å²) in [6, 6.07) is 3.67. The van der Waals surface area contributed by atoms with Crippen LogP contribution in [0.3, 0.4) is 0 Å². The van der Waals surface area contributed by atoms with Crippen LogP contribution in [0.2, 0.25) is 5.02 Å². The van der Waals surface area contributed by atoms with Crippen LogP contribution < -0.4 is 5.76 Å². The van der Waals surface area contributed by atoms with Crippen molar-refractivity contribution < 1.29 is 14.0 Å². The van der Waals surface area contributed by atoms with Crippen molar-refractivity contribution in [2.75, 3.05) is 13.7 Å². The fraction of sp³-hybridized carbons (Fsp3) is 0.552. The number of ether oxygens (including phenoxy) is 2. The van der Waals surface area contributed by atoms with Gasteiger partial charge in [0.25, 0.3) is 0 Å². The minimum absolute atomic E-state index is 0.0450. The van der Waals surface area contributed by atoms with Gasteiger partial charge in [-0.15, -0.1) is 0 Å². The van der Waals surface area contributed by atoms with Crippen molar-refractivity contribution >= 4 is 22.6 Å². The first kappa shape index (κ1) is 27.1. The van der Waals surface area contributed by atoms with Crippen molar-refractivity contribution in [3.63, 3.8) is 0 Å². The third-order valence-corrected chi connectivity index (χ3v) is 8.47.